The smallest absolute Gasteiger partial charge is 0.217 e. The van der Waals surface area contributed by atoms with Crippen molar-refractivity contribution in [3.8, 4) is 5.75 Å². The molecule has 0 unspecified atom stereocenters. The quantitative estimate of drug-likeness (QED) is 0.584. The third kappa shape index (κ3) is 6.42. The number of hydrogen-bond donors (Lipinski definition) is 1. The summed E-state index contributed by atoms with van der Waals surface area (Å²) in [5.74, 6) is 1.92. The number of carbonyl (C=O) groups is 1. The maximum absolute atomic E-state index is 14.4. The normalized spacial score (nSPS) is 22.4. The molecule has 0 saturated heterocycles. The lowest BCUT2D eigenvalue weighted by molar-refractivity contribution is -0.120. The van der Waals surface area contributed by atoms with Gasteiger partial charge in [0.15, 0.2) is 17.3 Å². The molecule has 1 amide bonds. The second kappa shape index (κ2) is 9.98. The van der Waals surface area contributed by atoms with Crippen molar-refractivity contribution in [3.05, 3.63) is 23.8 Å². The maximum Gasteiger partial charge on any atom is 0.217 e. The first-order valence-corrected chi connectivity index (χ1v) is 11.6. The molecule has 1 atom stereocenters. The summed E-state index contributed by atoms with van der Waals surface area (Å²) in [6.45, 7) is 4.67. The van der Waals surface area contributed by atoms with Crippen LogP contribution in [0, 0.1) is 17.7 Å². The Balaban J connectivity index is 1.22. The van der Waals surface area contributed by atoms with E-state index in [0.29, 0.717) is 54.2 Å². The molecule has 4 rings (SSSR count). The molecule has 2 saturated carbocycles. The summed E-state index contributed by atoms with van der Waals surface area (Å²) in [5, 5.41) is 2.85. The Morgan fingerprint density at radius 1 is 1.23 bits per heavy atom. The summed E-state index contributed by atoms with van der Waals surface area (Å²) in [4.78, 5) is 15.5. The second-order valence-corrected chi connectivity index (χ2v) is 9.23. The number of carbonyl (C=O) groups excluding carboxylic acids is 1. The van der Waals surface area contributed by atoms with Gasteiger partial charge in [-0.1, -0.05) is 0 Å². The predicted molar refractivity (Wildman–Crippen MR) is 115 cm³/mol. The maximum atomic E-state index is 14.4. The monoisotopic (exact) mass is 432 g/mol. The molecule has 2 aromatic rings. The number of amides is 1. The highest BCUT2D eigenvalue weighted by molar-refractivity contribution is 5.75. The minimum Gasteiger partial charge on any atom is -0.493 e. The van der Waals surface area contributed by atoms with Crippen LogP contribution in [0.4, 0.5) is 4.39 Å². The van der Waals surface area contributed by atoms with Crippen molar-refractivity contribution in [2.75, 3.05) is 13.2 Å². The largest absolute Gasteiger partial charge is 0.493 e. The highest BCUT2D eigenvalue weighted by atomic mass is 19.1. The molecule has 1 aromatic heterocycles. The van der Waals surface area contributed by atoms with Crippen molar-refractivity contribution in [1.82, 2.24) is 10.3 Å². The van der Waals surface area contributed by atoms with Crippen LogP contribution in [-0.4, -0.2) is 36.3 Å². The van der Waals surface area contributed by atoms with Crippen LogP contribution in [0.1, 0.15) is 64.7 Å². The molecule has 0 radical (unpaired) electrons. The van der Waals surface area contributed by atoms with Crippen LogP contribution in [0.3, 0.4) is 0 Å². The van der Waals surface area contributed by atoms with Crippen LogP contribution in [0.25, 0.3) is 11.1 Å². The van der Waals surface area contributed by atoms with Gasteiger partial charge in [-0.2, -0.15) is 0 Å². The molecule has 1 N–H and O–H groups in total. The van der Waals surface area contributed by atoms with Gasteiger partial charge >= 0.3 is 0 Å². The summed E-state index contributed by atoms with van der Waals surface area (Å²) in [6, 6.07) is 3.20. The zero-order chi connectivity index (χ0) is 21.8. The Bertz CT molecular complexity index is 887. The van der Waals surface area contributed by atoms with Gasteiger partial charge in [0.1, 0.15) is 11.3 Å². The van der Waals surface area contributed by atoms with E-state index in [2.05, 4.69) is 10.3 Å². The average molecular weight is 433 g/mol. The van der Waals surface area contributed by atoms with Gasteiger partial charge in [0.2, 0.25) is 5.91 Å². The van der Waals surface area contributed by atoms with E-state index in [9.17, 15) is 9.18 Å². The number of oxazole rings is 1. The zero-order valence-electron chi connectivity index (χ0n) is 18.5. The number of nitrogens with one attached hydrogen (secondary N) is 1. The number of aryl methyl sites for hydroxylation is 1. The molecule has 0 spiro atoms. The van der Waals surface area contributed by atoms with Crippen molar-refractivity contribution in [2.24, 2.45) is 11.8 Å². The van der Waals surface area contributed by atoms with E-state index in [4.69, 9.17) is 13.9 Å². The molecule has 2 aliphatic rings. The lowest BCUT2D eigenvalue weighted by Crippen LogP contribution is -2.36. The topological polar surface area (TPSA) is 73.6 Å². The summed E-state index contributed by atoms with van der Waals surface area (Å²) >= 11 is 0. The Morgan fingerprint density at radius 2 is 1.97 bits per heavy atom. The Hall–Kier alpha value is -2.15. The fourth-order valence-corrected chi connectivity index (χ4v) is 4.28. The molecule has 2 fully saturated rings. The van der Waals surface area contributed by atoms with Gasteiger partial charge in [-0.15, -0.1) is 0 Å². The number of rotatable bonds is 10. The number of ether oxygens (including phenoxy) is 2. The van der Waals surface area contributed by atoms with Crippen molar-refractivity contribution < 1.29 is 23.1 Å². The molecular weight excluding hydrogens is 399 g/mol. The highest BCUT2D eigenvalue weighted by Gasteiger charge is 2.24. The number of fused-ring (bicyclic) bond motifs is 1. The Labute approximate surface area is 182 Å². The molecule has 1 aromatic carbocycles. The number of benzene rings is 1. The number of aromatic nitrogens is 1. The summed E-state index contributed by atoms with van der Waals surface area (Å²) in [7, 11) is 0. The molecule has 170 valence electrons. The van der Waals surface area contributed by atoms with Gasteiger partial charge in [-0.3, -0.25) is 4.79 Å². The summed E-state index contributed by atoms with van der Waals surface area (Å²) in [6.07, 6.45) is 8.61. The molecule has 31 heavy (non-hydrogen) atoms. The highest BCUT2D eigenvalue weighted by Crippen LogP contribution is 2.32. The SMILES string of the molecule is CC(=O)N[C@@H](C)COC1CCC(CCc2nc3c(F)cc(OCC4CC4)cc3o2)CC1. The third-order valence-corrected chi connectivity index (χ3v) is 6.24. The molecule has 2 aliphatic carbocycles. The Morgan fingerprint density at radius 3 is 2.68 bits per heavy atom. The van der Waals surface area contributed by atoms with Gasteiger partial charge in [-0.05, 0) is 63.7 Å². The van der Waals surface area contributed by atoms with Crippen molar-refractivity contribution in [1.29, 1.82) is 0 Å². The van der Waals surface area contributed by atoms with Crippen LogP contribution < -0.4 is 10.1 Å². The van der Waals surface area contributed by atoms with Gasteiger partial charge in [0.05, 0.1) is 19.3 Å². The van der Waals surface area contributed by atoms with E-state index < -0.39 is 0 Å². The summed E-state index contributed by atoms with van der Waals surface area (Å²) in [5.41, 5.74) is 0.755. The van der Waals surface area contributed by atoms with Crippen molar-refractivity contribution in [2.45, 2.75) is 77.4 Å². The van der Waals surface area contributed by atoms with Gasteiger partial charge in [-0.25, -0.2) is 9.37 Å². The molecule has 0 aliphatic heterocycles. The first-order valence-electron chi connectivity index (χ1n) is 11.6. The van der Waals surface area contributed by atoms with Gasteiger partial charge < -0.3 is 19.2 Å². The lowest BCUT2D eigenvalue weighted by atomic mass is 9.84. The van der Waals surface area contributed by atoms with Crippen LogP contribution >= 0.6 is 0 Å². The first kappa shape index (κ1) is 22.1. The Kier molecular flexibility index (Phi) is 7.10. The number of halogens is 1. The predicted octanol–water partition coefficient (Wildman–Crippen LogP) is 4.79. The summed E-state index contributed by atoms with van der Waals surface area (Å²) < 4.78 is 31.9. The second-order valence-electron chi connectivity index (χ2n) is 9.23. The molecule has 6 nitrogen and oxygen atoms in total. The van der Waals surface area contributed by atoms with E-state index in [-0.39, 0.29) is 23.9 Å². The van der Waals surface area contributed by atoms with Crippen LogP contribution in [0.5, 0.6) is 5.75 Å². The fourth-order valence-electron chi connectivity index (χ4n) is 4.28. The lowest BCUT2D eigenvalue weighted by Gasteiger charge is -2.29. The average Bonchev–Trinajstić information content (AvgIpc) is 3.47. The zero-order valence-corrected chi connectivity index (χ0v) is 18.5. The standard InChI is InChI=1S/C24H33FN2O4/c1-15(26-16(2)28)13-29-19-8-5-17(6-9-19)7-10-23-27-24-21(25)11-20(12-22(24)31-23)30-14-18-3-4-18/h11-12,15,17-19H,3-10,13-14H2,1-2H3,(H,26,28)/t15-,17?,19?/m0/s1. The minimum absolute atomic E-state index is 0.0270. The third-order valence-electron chi connectivity index (χ3n) is 6.24. The van der Waals surface area contributed by atoms with Crippen molar-refractivity contribution in [3.63, 3.8) is 0 Å². The molecular formula is C24H33FN2O4. The number of hydrogen-bond acceptors (Lipinski definition) is 5. The van der Waals surface area contributed by atoms with E-state index >= 15 is 0 Å². The van der Waals surface area contributed by atoms with Gasteiger partial charge in [0, 0.05) is 31.5 Å². The van der Waals surface area contributed by atoms with E-state index in [1.165, 1.54) is 25.8 Å². The van der Waals surface area contributed by atoms with Gasteiger partial charge in [0.25, 0.3) is 0 Å². The van der Waals surface area contributed by atoms with Crippen LogP contribution in [-0.2, 0) is 16.0 Å². The fraction of sp³-hybridized carbons (Fsp3) is 0.667. The minimum atomic E-state index is -0.385. The molecule has 1 heterocycles. The molecule has 7 heteroatoms. The van der Waals surface area contributed by atoms with Crippen LogP contribution in [0.15, 0.2) is 16.5 Å². The van der Waals surface area contributed by atoms with E-state index in [1.807, 2.05) is 6.92 Å². The number of nitrogens with zero attached hydrogens (tertiary/aromatic N) is 1. The van der Waals surface area contributed by atoms with Crippen molar-refractivity contribution >= 4 is 17.0 Å². The van der Waals surface area contributed by atoms with E-state index in [0.717, 1.165) is 32.1 Å². The molecule has 0 bridgehead atoms. The van der Waals surface area contributed by atoms with Crippen LogP contribution in [0.2, 0.25) is 0 Å². The van der Waals surface area contributed by atoms with E-state index in [1.54, 1.807) is 6.07 Å². The first-order chi connectivity index (χ1) is 15.0.